The molecule has 0 spiro atoms. The molecular formula is C9H12ClO4P. The van der Waals surface area contributed by atoms with Crippen molar-refractivity contribution in [3.63, 3.8) is 0 Å². The molecule has 1 atom stereocenters. The van der Waals surface area contributed by atoms with Crippen molar-refractivity contribution >= 4 is 19.7 Å². The summed E-state index contributed by atoms with van der Waals surface area (Å²) in [6, 6.07) is 9.78. The van der Waals surface area contributed by atoms with Crippen LogP contribution in [0.5, 0.6) is 0 Å². The molecule has 1 unspecified atom stereocenters. The largest absolute Gasteiger partial charge is 0.488 e. The highest BCUT2D eigenvalue weighted by atomic mass is 35.5. The van der Waals surface area contributed by atoms with Crippen LogP contribution < -0.4 is 0 Å². The number of halogens is 1. The number of aryl methyl sites for hydroxylation is 1. The Hall–Kier alpha value is -0.380. The molecule has 6 heteroatoms. The Labute approximate surface area is 93.6 Å². The van der Waals surface area contributed by atoms with E-state index < -0.39 is 7.82 Å². The van der Waals surface area contributed by atoms with E-state index in [9.17, 15) is 4.57 Å². The zero-order valence-corrected chi connectivity index (χ0v) is 9.66. The predicted molar refractivity (Wildman–Crippen MR) is 57.5 cm³/mol. The Kier molecular flexibility index (Phi) is 5.29. The standard InChI is InChI=1S/C9H12ClO4P/c10-14-15(11,12)13-8-4-7-9-5-2-1-3-6-9/h1-3,5-6H,4,7-8H2,(H,11,12). The summed E-state index contributed by atoms with van der Waals surface area (Å²) in [5.41, 5.74) is 1.15. The highest BCUT2D eigenvalue weighted by Gasteiger charge is 2.19. The molecule has 4 nitrogen and oxygen atoms in total. The maximum absolute atomic E-state index is 10.8. The third-order valence-electron chi connectivity index (χ3n) is 1.79. The van der Waals surface area contributed by atoms with Crippen molar-refractivity contribution in [2.24, 2.45) is 0 Å². The van der Waals surface area contributed by atoms with Crippen molar-refractivity contribution < 1.29 is 18.1 Å². The first kappa shape index (κ1) is 12.7. The van der Waals surface area contributed by atoms with Gasteiger partial charge < -0.3 is 4.89 Å². The normalized spacial score (nSPS) is 14.8. The summed E-state index contributed by atoms with van der Waals surface area (Å²) < 4.78 is 19.1. The first-order valence-electron chi connectivity index (χ1n) is 4.45. The second kappa shape index (κ2) is 6.26. The maximum Gasteiger partial charge on any atom is 0.488 e. The van der Waals surface area contributed by atoms with Gasteiger partial charge in [0.1, 0.15) is 0 Å². The molecule has 0 aliphatic heterocycles. The van der Waals surface area contributed by atoms with Gasteiger partial charge in [0.25, 0.3) is 0 Å². The van der Waals surface area contributed by atoms with Gasteiger partial charge in [0.05, 0.1) is 18.5 Å². The van der Waals surface area contributed by atoms with Crippen LogP contribution in [-0.2, 0) is 19.6 Å². The lowest BCUT2D eigenvalue weighted by Gasteiger charge is -2.06. The first-order valence-corrected chi connectivity index (χ1v) is 6.26. The van der Waals surface area contributed by atoms with Crippen molar-refractivity contribution in [3.05, 3.63) is 35.9 Å². The van der Waals surface area contributed by atoms with Gasteiger partial charge in [0.2, 0.25) is 0 Å². The molecular weight excluding hydrogens is 239 g/mol. The van der Waals surface area contributed by atoms with Gasteiger partial charge in [0, 0.05) is 0 Å². The molecule has 0 aliphatic rings. The minimum atomic E-state index is -4.03. The summed E-state index contributed by atoms with van der Waals surface area (Å²) in [4.78, 5) is 8.80. The van der Waals surface area contributed by atoms with Crippen molar-refractivity contribution in [3.8, 4) is 0 Å². The van der Waals surface area contributed by atoms with Crippen LogP contribution in [0.4, 0.5) is 0 Å². The third kappa shape index (κ3) is 5.30. The Bertz CT molecular complexity index is 330. The zero-order chi connectivity index (χ0) is 11.1. The van der Waals surface area contributed by atoms with Gasteiger partial charge in [-0.25, -0.2) is 4.57 Å². The fourth-order valence-electron chi connectivity index (χ4n) is 1.12. The summed E-state index contributed by atoms with van der Waals surface area (Å²) in [6.07, 6.45) is 1.41. The fourth-order valence-corrected chi connectivity index (χ4v) is 1.64. The quantitative estimate of drug-likeness (QED) is 0.623. The maximum atomic E-state index is 10.8. The van der Waals surface area contributed by atoms with Gasteiger partial charge >= 0.3 is 7.82 Å². The summed E-state index contributed by atoms with van der Waals surface area (Å²) >= 11 is 4.75. The lowest BCUT2D eigenvalue weighted by molar-refractivity contribution is 0.206. The first-order chi connectivity index (χ1) is 7.14. The SMILES string of the molecule is O=P(O)(OCl)OCCCc1ccccc1. The van der Waals surface area contributed by atoms with E-state index in [4.69, 9.17) is 16.8 Å². The van der Waals surface area contributed by atoms with E-state index in [0.29, 0.717) is 6.42 Å². The molecule has 0 radical (unpaired) electrons. The van der Waals surface area contributed by atoms with E-state index in [0.717, 1.165) is 12.0 Å². The van der Waals surface area contributed by atoms with E-state index in [-0.39, 0.29) is 6.61 Å². The molecule has 0 saturated carbocycles. The molecule has 0 amide bonds. The van der Waals surface area contributed by atoms with Crippen LogP contribution in [-0.4, -0.2) is 11.5 Å². The van der Waals surface area contributed by atoms with E-state index in [1.54, 1.807) is 0 Å². The second-order valence-corrected chi connectivity index (χ2v) is 4.71. The Morgan fingerprint density at radius 2 is 2.00 bits per heavy atom. The van der Waals surface area contributed by atoms with Crippen LogP contribution in [0.2, 0.25) is 0 Å². The zero-order valence-electron chi connectivity index (χ0n) is 8.01. The molecule has 1 rings (SSSR count). The van der Waals surface area contributed by atoms with Gasteiger partial charge in [-0.2, -0.15) is 4.08 Å². The molecule has 1 aromatic rings. The molecule has 0 bridgehead atoms. The van der Waals surface area contributed by atoms with Gasteiger partial charge in [-0.15, -0.1) is 0 Å². The number of phosphoric acid groups is 1. The molecule has 0 aliphatic carbocycles. The Morgan fingerprint density at radius 1 is 1.33 bits per heavy atom. The smallest absolute Gasteiger partial charge is 0.302 e. The molecule has 0 aromatic heterocycles. The minimum absolute atomic E-state index is 0.134. The van der Waals surface area contributed by atoms with Crippen LogP contribution in [0.25, 0.3) is 0 Å². The van der Waals surface area contributed by atoms with Crippen LogP contribution in [0, 0.1) is 0 Å². The van der Waals surface area contributed by atoms with E-state index in [1.807, 2.05) is 30.3 Å². The van der Waals surface area contributed by atoms with Gasteiger partial charge in [0.15, 0.2) is 0 Å². The summed E-state index contributed by atoms with van der Waals surface area (Å²) in [5, 5.41) is 0. The third-order valence-corrected chi connectivity index (χ3v) is 3.00. The number of hydrogen-bond donors (Lipinski definition) is 1. The van der Waals surface area contributed by atoms with E-state index in [1.165, 1.54) is 0 Å². The van der Waals surface area contributed by atoms with Crippen molar-refractivity contribution in [2.45, 2.75) is 12.8 Å². The average molecular weight is 251 g/mol. The number of benzene rings is 1. The van der Waals surface area contributed by atoms with Crippen molar-refractivity contribution in [1.82, 2.24) is 0 Å². The summed E-state index contributed by atoms with van der Waals surface area (Å²) in [7, 11) is -4.03. The fraction of sp³-hybridized carbons (Fsp3) is 0.333. The van der Waals surface area contributed by atoms with Crippen LogP contribution in [0.15, 0.2) is 30.3 Å². The molecule has 0 saturated heterocycles. The minimum Gasteiger partial charge on any atom is -0.302 e. The van der Waals surface area contributed by atoms with E-state index in [2.05, 4.69) is 8.60 Å². The van der Waals surface area contributed by atoms with Crippen molar-refractivity contribution in [1.29, 1.82) is 0 Å². The lowest BCUT2D eigenvalue weighted by Crippen LogP contribution is -1.95. The molecule has 15 heavy (non-hydrogen) atoms. The van der Waals surface area contributed by atoms with Gasteiger partial charge in [-0.3, -0.25) is 4.52 Å². The summed E-state index contributed by atoms with van der Waals surface area (Å²) in [5.74, 6) is 0. The average Bonchev–Trinajstić information content (AvgIpc) is 2.26. The molecule has 84 valence electrons. The number of phosphoric ester groups is 1. The topological polar surface area (TPSA) is 55.8 Å². The van der Waals surface area contributed by atoms with Crippen LogP contribution >= 0.6 is 19.7 Å². The number of hydrogen-bond acceptors (Lipinski definition) is 3. The lowest BCUT2D eigenvalue weighted by atomic mass is 10.1. The highest BCUT2D eigenvalue weighted by molar-refractivity contribution is 7.48. The van der Waals surface area contributed by atoms with Gasteiger partial charge in [-0.1, -0.05) is 30.3 Å². The van der Waals surface area contributed by atoms with Crippen LogP contribution in [0.1, 0.15) is 12.0 Å². The molecule has 0 fully saturated rings. The Morgan fingerprint density at radius 3 is 2.60 bits per heavy atom. The van der Waals surface area contributed by atoms with Crippen LogP contribution in [0.3, 0.4) is 0 Å². The second-order valence-electron chi connectivity index (χ2n) is 2.96. The molecule has 1 aromatic carbocycles. The molecule has 1 N–H and O–H groups in total. The highest BCUT2D eigenvalue weighted by Crippen LogP contribution is 2.44. The monoisotopic (exact) mass is 250 g/mol. The van der Waals surface area contributed by atoms with E-state index >= 15 is 0 Å². The number of rotatable bonds is 6. The summed E-state index contributed by atoms with van der Waals surface area (Å²) in [6.45, 7) is 0.134. The van der Waals surface area contributed by atoms with Crippen molar-refractivity contribution in [2.75, 3.05) is 6.61 Å². The Balaban J connectivity index is 2.21. The van der Waals surface area contributed by atoms with Gasteiger partial charge in [-0.05, 0) is 18.4 Å². The predicted octanol–water partition coefficient (Wildman–Crippen LogP) is 2.91. The molecule has 0 heterocycles.